The Labute approximate surface area is 92.3 Å². The van der Waals surface area contributed by atoms with Gasteiger partial charge in [0, 0.05) is 0 Å². The zero-order chi connectivity index (χ0) is 14.3. The fourth-order valence-electron chi connectivity index (χ4n) is 0.701. The quantitative estimate of drug-likeness (QED) is 0.622. The highest BCUT2D eigenvalue weighted by atomic mass is 32.2. The summed E-state index contributed by atoms with van der Waals surface area (Å²) in [6, 6.07) is 0. The molecule has 0 aromatic carbocycles. The molecule has 0 aliphatic heterocycles. The standard InChI is InChI=1S/C6H8F6O4S/c1-3(2)16-5(9,10)4(7,8)6(11,12)17(13,14)15/h3H,1-2H3,(H,13,14,15). The van der Waals surface area contributed by atoms with Gasteiger partial charge in [-0.05, 0) is 13.8 Å². The van der Waals surface area contributed by atoms with Crippen molar-refractivity contribution in [3.63, 3.8) is 0 Å². The summed E-state index contributed by atoms with van der Waals surface area (Å²) in [7, 11) is -6.72. The van der Waals surface area contributed by atoms with E-state index in [4.69, 9.17) is 4.55 Å². The van der Waals surface area contributed by atoms with E-state index in [-0.39, 0.29) is 0 Å². The Bertz CT molecular complexity index is 376. The maximum atomic E-state index is 12.7. The Balaban J connectivity index is 5.55. The van der Waals surface area contributed by atoms with Crippen LogP contribution >= 0.6 is 0 Å². The summed E-state index contributed by atoms with van der Waals surface area (Å²) in [4.78, 5) is 0. The zero-order valence-corrected chi connectivity index (χ0v) is 9.24. The molecule has 0 rings (SSSR count). The summed E-state index contributed by atoms with van der Waals surface area (Å²) < 4.78 is 107. The minimum atomic E-state index is -6.72. The van der Waals surface area contributed by atoms with Gasteiger partial charge in [-0.15, -0.1) is 0 Å². The third-order valence-corrected chi connectivity index (χ3v) is 2.34. The molecular weight excluding hydrogens is 282 g/mol. The van der Waals surface area contributed by atoms with E-state index in [9.17, 15) is 34.8 Å². The molecule has 0 atom stereocenters. The van der Waals surface area contributed by atoms with Gasteiger partial charge >= 0.3 is 27.4 Å². The molecule has 0 spiro atoms. The minimum absolute atomic E-state index is 0.843. The third-order valence-electron chi connectivity index (χ3n) is 1.44. The average Bonchev–Trinajstić information content (AvgIpc) is 1.98. The Morgan fingerprint density at radius 1 is 1.06 bits per heavy atom. The topological polar surface area (TPSA) is 63.6 Å². The van der Waals surface area contributed by atoms with E-state index in [1.54, 1.807) is 0 Å². The minimum Gasteiger partial charge on any atom is -0.313 e. The zero-order valence-electron chi connectivity index (χ0n) is 8.43. The van der Waals surface area contributed by atoms with E-state index in [0.29, 0.717) is 0 Å². The van der Waals surface area contributed by atoms with Crippen LogP contribution in [0.2, 0.25) is 0 Å². The van der Waals surface area contributed by atoms with Crippen molar-refractivity contribution in [1.82, 2.24) is 0 Å². The van der Waals surface area contributed by atoms with Gasteiger partial charge in [0.05, 0.1) is 6.10 Å². The lowest BCUT2D eigenvalue weighted by Crippen LogP contribution is -2.59. The van der Waals surface area contributed by atoms with Gasteiger partial charge in [0.2, 0.25) is 0 Å². The molecule has 0 aliphatic carbocycles. The lowest BCUT2D eigenvalue weighted by Gasteiger charge is -2.31. The van der Waals surface area contributed by atoms with E-state index in [1.165, 1.54) is 0 Å². The van der Waals surface area contributed by atoms with Crippen molar-refractivity contribution in [2.24, 2.45) is 0 Å². The summed E-state index contributed by atoms with van der Waals surface area (Å²) in [5, 5.41) is -6.38. The van der Waals surface area contributed by atoms with Gasteiger partial charge in [-0.1, -0.05) is 0 Å². The molecule has 0 saturated carbocycles. The molecule has 0 saturated heterocycles. The second-order valence-corrected chi connectivity index (χ2v) is 4.71. The van der Waals surface area contributed by atoms with Gasteiger partial charge in [0.1, 0.15) is 0 Å². The molecule has 0 aromatic heterocycles. The van der Waals surface area contributed by atoms with Gasteiger partial charge in [-0.3, -0.25) is 4.55 Å². The van der Waals surface area contributed by atoms with Crippen LogP contribution in [0, 0.1) is 0 Å². The maximum Gasteiger partial charge on any atom is 0.440 e. The summed E-state index contributed by atoms with van der Waals surface area (Å²) in [6.07, 6.45) is -7.34. The molecule has 1 N–H and O–H groups in total. The fraction of sp³-hybridized carbons (Fsp3) is 1.00. The molecule has 104 valence electrons. The molecule has 0 aromatic rings. The SMILES string of the molecule is CC(C)OC(F)(F)C(F)(F)C(F)(F)S(=O)(=O)O. The van der Waals surface area contributed by atoms with Gasteiger partial charge < -0.3 is 4.74 Å². The first kappa shape index (κ1) is 16.4. The van der Waals surface area contributed by atoms with Gasteiger partial charge in [-0.2, -0.15) is 34.8 Å². The lowest BCUT2D eigenvalue weighted by molar-refractivity contribution is -0.391. The summed E-state index contributed by atoms with van der Waals surface area (Å²) in [6.45, 7) is 1.69. The van der Waals surface area contributed by atoms with E-state index in [2.05, 4.69) is 4.74 Å². The molecule has 11 heteroatoms. The molecule has 0 radical (unpaired) electrons. The molecule has 0 heterocycles. The lowest BCUT2D eigenvalue weighted by atomic mass is 10.3. The van der Waals surface area contributed by atoms with Crippen LogP contribution in [0.3, 0.4) is 0 Å². The van der Waals surface area contributed by atoms with Crippen molar-refractivity contribution in [3.8, 4) is 0 Å². The fourth-order valence-corrected chi connectivity index (χ4v) is 1.14. The number of rotatable bonds is 5. The second-order valence-electron chi connectivity index (χ2n) is 3.25. The van der Waals surface area contributed by atoms with Crippen LogP contribution in [0.15, 0.2) is 0 Å². The molecule has 0 amide bonds. The Morgan fingerprint density at radius 2 is 1.41 bits per heavy atom. The summed E-state index contributed by atoms with van der Waals surface area (Å²) in [5.74, 6) is -6.42. The van der Waals surface area contributed by atoms with Crippen LogP contribution in [-0.2, 0) is 14.9 Å². The maximum absolute atomic E-state index is 12.7. The van der Waals surface area contributed by atoms with E-state index >= 15 is 0 Å². The number of hydrogen-bond acceptors (Lipinski definition) is 3. The molecule has 0 unspecified atom stereocenters. The van der Waals surface area contributed by atoms with Crippen molar-refractivity contribution in [3.05, 3.63) is 0 Å². The second kappa shape index (κ2) is 4.28. The first-order valence-electron chi connectivity index (χ1n) is 3.95. The smallest absolute Gasteiger partial charge is 0.313 e. The van der Waals surface area contributed by atoms with E-state index in [1.807, 2.05) is 0 Å². The normalized spacial score (nSPS) is 15.4. The Hall–Kier alpha value is -0.550. The van der Waals surface area contributed by atoms with Crippen LogP contribution in [-0.4, -0.2) is 36.4 Å². The van der Waals surface area contributed by atoms with Crippen LogP contribution < -0.4 is 0 Å². The molecule has 0 fully saturated rings. The van der Waals surface area contributed by atoms with Crippen molar-refractivity contribution < 1.29 is 44.0 Å². The number of ether oxygens (including phenoxy) is 1. The van der Waals surface area contributed by atoms with Crippen LogP contribution in [0.1, 0.15) is 13.8 Å². The molecule has 0 bridgehead atoms. The summed E-state index contributed by atoms with van der Waals surface area (Å²) >= 11 is 0. The van der Waals surface area contributed by atoms with Crippen LogP contribution in [0.5, 0.6) is 0 Å². The Kier molecular flexibility index (Phi) is 4.14. The largest absolute Gasteiger partial charge is 0.440 e. The Morgan fingerprint density at radius 3 is 1.65 bits per heavy atom. The van der Waals surface area contributed by atoms with Crippen molar-refractivity contribution >= 4 is 10.1 Å². The first-order chi connectivity index (χ1) is 7.17. The number of alkyl halides is 6. The van der Waals surface area contributed by atoms with Gasteiger partial charge in [0.15, 0.2) is 0 Å². The van der Waals surface area contributed by atoms with Gasteiger partial charge in [0.25, 0.3) is 0 Å². The predicted molar refractivity (Wildman–Crippen MR) is 42.6 cm³/mol. The average molecular weight is 290 g/mol. The summed E-state index contributed by atoms with van der Waals surface area (Å²) in [5.41, 5.74) is 0. The van der Waals surface area contributed by atoms with E-state index < -0.39 is 33.5 Å². The first-order valence-corrected chi connectivity index (χ1v) is 5.39. The molecular formula is C6H8F6O4S. The van der Waals surface area contributed by atoms with Crippen LogP contribution in [0.4, 0.5) is 26.3 Å². The van der Waals surface area contributed by atoms with Crippen LogP contribution in [0.25, 0.3) is 0 Å². The molecule has 0 aliphatic rings. The molecule has 17 heavy (non-hydrogen) atoms. The number of hydrogen-bond donors (Lipinski definition) is 1. The third kappa shape index (κ3) is 2.83. The monoisotopic (exact) mass is 290 g/mol. The number of halogens is 6. The van der Waals surface area contributed by atoms with Crippen molar-refractivity contribution in [1.29, 1.82) is 0 Å². The highest BCUT2D eigenvalue weighted by Crippen LogP contribution is 2.48. The van der Waals surface area contributed by atoms with Crippen molar-refractivity contribution in [2.75, 3.05) is 0 Å². The van der Waals surface area contributed by atoms with E-state index in [0.717, 1.165) is 13.8 Å². The van der Waals surface area contributed by atoms with Gasteiger partial charge in [-0.25, -0.2) is 0 Å². The highest BCUT2D eigenvalue weighted by Gasteiger charge is 2.78. The molecule has 4 nitrogen and oxygen atoms in total. The van der Waals surface area contributed by atoms with Crippen molar-refractivity contribution in [2.45, 2.75) is 37.2 Å². The predicted octanol–water partition coefficient (Wildman–Crippen LogP) is 2.12. The highest BCUT2D eigenvalue weighted by molar-refractivity contribution is 7.87.